The van der Waals surface area contributed by atoms with Gasteiger partial charge in [0.25, 0.3) is 0 Å². The summed E-state index contributed by atoms with van der Waals surface area (Å²) in [5, 5.41) is 12.1. The maximum atomic E-state index is 4.05. The van der Waals surface area contributed by atoms with Gasteiger partial charge in [-0.3, -0.25) is 14.0 Å². The molecule has 6 aromatic rings. The summed E-state index contributed by atoms with van der Waals surface area (Å²) in [5.74, 6) is 0. The first kappa shape index (κ1) is 24.6. The van der Waals surface area contributed by atoms with Crippen LogP contribution in [0.2, 0.25) is 0 Å². The van der Waals surface area contributed by atoms with Crippen molar-refractivity contribution in [1.82, 2.24) is 29.3 Å². The van der Waals surface area contributed by atoms with Gasteiger partial charge >= 0.3 is 20.1 Å². The van der Waals surface area contributed by atoms with Gasteiger partial charge in [0.1, 0.15) is 0 Å². The Morgan fingerprint density at radius 1 is 0.412 bits per heavy atom. The zero-order valence-electron chi connectivity index (χ0n) is 18.1. The summed E-state index contributed by atoms with van der Waals surface area (Å²) < 4.78 is 5.33. The normalized spacial score (nSPS) is 9.53. The van der Waals surface area contributed by atoms with Crippen molar-refractivity contribution >= 4 is 0 Å². The van der Waals surface area contributed by atoms with Crippen molar-refractivity contribution in [3.05, 3.63) is 146 Å². The molecule has 6 rings (SSSR count). The SMILES string of the molecule is [Ir+3].[c-]1cnn(-c2ccccc2)c1.[c-]1cnn(-c2ccccc2)c1.[c-]1cnn(-c2ccccc2)c1. The van der Waals surface area contributed by atoms with Gasteiger partial charge in [0.15, 0.2) is 0 Å². The predicted molar refractivity (Wildman–Crippen MR) is 127 cm³/mol. The van der Waals surface area contributed by atoms with Gasteiger partial charge in [0.05, 0.1) is 17.1 Å². The Bertz CT molecular complexity index is 1100. The molecule has 0 fully saturated rings. The van der Waals surface area contributed by atoms with Gasteiger partial charge in [0.2, 0.25) is 0 Å². The van der Waals surface area contributed by atoms with Crippen LogP contribution < -0.4 is 0 Å². The summed E-state index contributed by atoms with van der Waals surface area (Å²) in [4.78, 5) is 0. The number of para-hydroxylation sites is 3. The number of hydrogen-bond donors (Lipinski definition) is 0. The molecule has 0 amide bonds. The fraction of sp³-hybridized carbons (Fsp3) is 0. The second kappa shape index (κ2) is 13.5. The molecular formula is C27H21IrN6. The summed E-state index contributed by atoms with van der Waals surface area (Å²) in [5.41, 5.74) is 3.19. The maximum absolute atomic E-state index is 4.05. The van der Waals surface area contributed by atoms with E-state index in [-0.39, 0.29) is 20.1 Å². The van der Waals surface area contributed by atoms with Crippen LogP contribution in [-0.4, -0.2) is 29.3 Å². The van der Waals surface area contributed by atoms with Crippen LogP contribution >= 0.6 is 0 Å². The van der Waals surface area contributed by atoms with Crippen molar-refractivity contribution in [2.24, 2.45) is 0 Å². The average Bonchev–Trinajstić information content (AvgIpc) is 3.70. The molecule has 0 saturated heterocycles. The molecule has 7 heteroatoms. The second-order valence-electron chi connectivity index (χ2n) is 6.66. The molecule has 0 aliphatic carbocycles. The molecule has 3 aromatic carbocycles. The minimum Gasteiger partial charge on any atom is -0.432 e. The third-order valence-corrected chi connectivity index (χ3v) is 4.42. The molecule has 0 unspecified atom stereocenters. The molecule has 0 radical (unpaired) electrons. The van der Waals surface area contributed by atoms with Crippen LogP contribution in [0.25, 0.3) is 17.1 Å². The Morgan fingerprint density at radius 2 is 0.676 bits per heavy atom. The fourth-order valence-electron chi connectivity index (χ4n) is 2.86. The monoisotopic (exact) mass is 622 g/mol. The van der Waals surface area contributed by atoms with Crippen molar-refractivity contribution in [3.8, 4) is 17.1 Å². The standard InChI is InChI=1S/3C9H7N2.Ir/c3*1-2-5-9(6-3-1)11-8-4-7-10-11;/h3*1-3,5-8H;/q3*-1;+3. The minimum absolute atomic E-state index is 0. The Labute approximate surface area is 212 Å². The van der Waals surface area contributed by atoms with E-state index in [4.69, 9.17) is 0 Å². The molecule has 0 aliphatic rings. The van der Waals surface area contributed by atoms with Crippen LogP contribution in [0.1, 0.15) is 0 Å². The van der Waals surface area contributed by atoms with E-state index >= 15 is 0 Å². The first-order chi connectivity index (χ1) is 16.4. The Morgan fingerprint density at radius 3 is 0.882 bits per heavy atom. The quantitative estimate of drug-likeness (QED) is 0.261. The second-order valence-corrected chi connectivity index (χ2v) is 6.66. The van der Waals surface area contributed by atoms with Crippen molar-refractivity contribution in [3.63, 3.8) is 0 Å². The van der Waals surface area contributed by atoms with Crippen LogP contribution in [-0.2, 0) is 20.1 Å². The third-order valence-electron chi connectivity index (χ3n) is 4.42. The Hall–Kier alpha value is -4.06. The summed E-state index contributed by atoms with van der Waals surface area (Å²) >= 11 is 0. The molecule has 0 N–H and O–H groups in total. The number of benzene rings is 3. The van der Waals surface area contributed by atoms with Gasteiger partial charge in [0, 0.05) is 0 Å². The molecule has 0 aliphatic heterocycles. The topological polar surface area (TPSA) is 53.5 Å². The average molecular weight is 622 g/mol. The molecule has 0 atom stereocenters. The van der Waals surface area contributed by atoms with E-state index in [0.29, 0.717) is 0 Å². The molecule has 0 bridgehead atoms. The van der Waals surface area contributed by atoms with Gasteiger partial charge < -0.3 is 18.2 Å². The summed E-state index contributed by atoms with van der Waals surface area (Å²) in [6.45, 7) is 0. The van der Waals surface area contributed by atoms with Gasteiger partial charge in [-0.15, -0.1) is 37.2 Å². The molecule has 3 heterocycles. The largest absolute Gasteiger partial charge is 3.00 e. The molecule has 168 valence electrons. The third kappa shape index (κ3) is 7.23. The minimum atomic E-state index is 0. The summed E-state index contributed by atoms with van der Waals surface area (Å²) in [6.07, 6.45) is 10.3. The number of hydrogen-bond acceptors (Lipinski definition) is 3. The summed E-state index contributed by atoms with van der Waals surface area (Å²) in [7, 11) is 0. The van der Waals surface area contributed by atoms with E-state index in [2.05, 4.69) is 33.5 Å². The van der Waals surface area contributed by atoms with Crippen LogP contribution in [0.15, 0.2) is 128 Å². The van der Waals surface area contributed by atoms with E-state index in [9.17, 15) is 0 Å². The van der Waals surface area contributed by atoms with E-state index in [1.807, 2.05) is 91.0 Å². The number of nitrogens with zero attached hydrogens (tertiary/aromatic N) is 6. The maximum Gasteiger partial charge on any atom is 3.00 e. The van der Waals surface area contributed by atoms with Crippen molar-refractivity contribution in [2.45, 2.75) is 0 Å². The van der Waals surface area contributed by atoms with Crippen LogP contribution in [0.3, 0.4) is 0 Å². The molecule has 34 heavy (non-hydrogen) atoms. The van der Waals surface area contributed by atoms with Gasteiger partial charge in [-0.25, -0.2) is 15.3 Å². The van der Waals surface area contributed by atoms with Gasteiger partial charge in [-0.2, -0.15) is 0 Å². The van der Waals surface area contributed by atoms with Gasteiger partial charge in [-0.1, -0.05) is 54.6 Å². The van der Waals surface area contributed by atoms with Crippen LogP contribution in [0, 0.1) is 18.2 Å². The first-order valence-electron chi connectivity index (χ1n) is 10.3. The van der Waals surface area contributed by atoms with Crippen LogP contribution in [0.5, 0.6) is 0 Å². The smallest absolute Gasteiger partial charge is 0.432 e. The Kier molecular flexibility index (Phi) is 9.74. The van der Waals surface area contributed by atoms with E-state index in [1.165, 1.54) is 0 Å². The molecular weight excluding hydrogens is 601 g/mol. The molecule has 0 saturated carbocycles. The Balaban J connectivity index is 0.000000141. The van der Waals surface area contributed by atoms with E-state index in [0.717, 1.165) is 17.1 Å². The molecule has 6 nitrogen and oxygen atoms in total. The number of aromatic nitrogens is 6. The van der Waals surface area contributed by atoms with Crippen LogP contribution in [0.4, 0.5) is 0 Å². The van der Waals surface area contributed by atoms with Crippen molar-refractivity contribution in [2.75, 3.05) is 0 Å². The summed E-state index contributed by atoms with van der Waals surface area (Å²) in [6, 6.07) is 38.5. The van der Waals surface area contributed by atoms with E-state index in [1.54, 1.807) is 51.2 Å². The fourth-order valence-corrected chi connectivity index (χ4v) is 2.86. The number of rotatable bonds is 3. The molecule has 3 aromatic heterocycles. The zero-order chi connectivity index (χ0) is 22.6. The zero-order valence-corrected chi connectivity index (χ0v) is 20.5. The first-order valence-corrected chi connectivity index (χ1v) is 10.3. The van der Waals surface area contributed by atoms with E-state index < -0.39 is 0 Å². The van der Waals surface area contributed by atoms with Crippen molar-refractivity contribution in [1.29, 1.82) is 0 Å². The molecule has 0 spiro atoms. The van der Waals surface area contributed by atoms with Crippen molar-refractivity contribution < 1.29 is 20.1 Å². The predicted octanol–water partition coefficient (Wildman–Crippen LogP) is 5.01. The van der Waals surface area contributed by atoms with Gasteiger partial charge in [-0.05, 0) is 36.4 Å².